The number of phosphoric acid groups is 2. The second-order valence-corrected chi connectivity index (χ2v) is 13.1. The monoisotopic (exact) mass is 870 g/mol. The zero-order valence-corrected chi connectivity index (χ0v) is 32.1. The molecule has 206 valence electrons. The molecule has 0 aromatic heterocycles. The number of phenols is 1. The van der Waals surface area contributed by atoms with Crippen LogP contribution in [0.4, 0.5) is 0 Å². The molecule has 2 aromatic rings. The molecule has 2 aromatic carbocycles. The maximum Gasteiger partial charge on any atom is 1.00 e. The summed E-state index contributed by atoms with van der Waals surface area (Å²) in [5.74, 6) is -0.921. The molecule has 4 rings (SSSR count). The Balaban J connectivity index is 0. The van der Waals surface area contributed by atoms with Gasteiger partial charge in [-0.2, -0.15) is 4.31 Å². The van der Waals surface area contributed by atoms with Crippen molar-refractivity contribution in [2.75, 3.05) is 0 Å². The molecule has 40 heavy (non-hydrogen) atoms. The first-order chi connectivity index (χ1) is 17.4. The van der Waals surface area contributed by atoms with Gasteiger partial charge in [-0.3, -0.25) is 4.79 Å². The van der Waals surface area contributed by atoms with Crippen LogP contribution in [0.3, 0.4) is 0 Å². The van der Waals surface area contributed by atoms with E-state index in [-0.39, 0.29) is 99.0 Å². The van der Waals surface area contributed by atoms with Crippen LogP contribution < -0.4 is 64.5 Å². The first kappa shape index (κ1) is 38.6. The minimum absolute atomic E-state index is 0. The molecule has 1 aliphatic heterocycles. The summed E-state index contributed by atoms with van der Waals surface area (Å²) < 4.78 is 29.4. The van der Waals surface area contributed by atoms with Crippen molar-refractivity contribution in [3.8, 4) is 28.2 Å². The van der Waals surface area contributed by atoms with E-state index >= 15 is 0 Å². The zero-order chi connectivity index (χ0) is 28.7. The van der Waals surface area contributed by atoms with Gasteiger partial charge in [0.25, 0.3) is 0 Å². The van der Waals surface area contributed by atoms with Crippen LogP contribution in [0.2, 0.25) is 0 Å². The van der Waals surface area contributed by atoms with Crippen molar-refractivity contribution < 1.29 is 114 Å². The molecule has 0 fully saturated rings. The third-order valence-corrected chi connectivity index (χ3v) is 9.01. The van der Waals surface area contributed by atoms with E-state index in [1.807, 2.05) is 0 Å². The Kier molecular flexibility index (Phi) is 14.5. The molecule has 0 amide bonds. The summed E-state index contributed by atoms with van der Waals surface area (Å²) in [5, 5.41) is 20.6. The Morgan fingerprint density at radius 1 is 0.875 bits per heavy atom. The summed E-state index contributed by atoms with van der Waals surface area (Å²) in [4.78, 5) is 55.3. The fraction of sp³-hybridized carbons (Fsp3) is 0. The predicted molar refractivity (Wildman–Crippen MR) is 151 cm³/mol. The number of rotatable bonds is 4. The Morgan fingerprint density at radius 3 is 1.93 bits per heavy atom. The summed E-state index contributed by atoms with van der Waals surface area (Å²) in [6.45, 7) is 0. The zero-order valence-electron chi connectivity index (χ0n) is 22.0. The van der Waals surface area contributed by atoms with Crippen LogP contribution in [0.5, 0.6) is 5.75 Å². The Hall–Kier alpha value is 0.580. The molecule has 0 unspecified atom stereocenters. The molecule has 1 aliphatic carbocycles. The van der Waals surface area contributed by atoms with Gasteiger partial charge >= 0.3 is 80.7 Å². The molecule has 12 nitrogen and oxygen atoms in total. The second-order valence-electron chi connectivity index (χ2n) is 7.17. The van der Waals surface area contributed by atoms with Gasteiger partial charge in [-0.15, -0.1) is 0 Å². The van der Waals surface area contributed by atoms with Gasteiger partial charge in [-0.05, 0) is 87.5 Å². The van der Waals surface area contributed by atoms with E-state index in [9.17, 15) is 28.9 Å². The number of hydrogen-bond donors (Lipinski definition) is 6. The molecule has 2 aliphatic rings. The first-order valence-corrected chi connectivity index (χ1v) is 15.8. The van der Waals surface area contributed by atoms with Gasteiger partial charge in [-0.25, -0.2) is 13.9 Å². The number of halogens is 4. The molecule has 0 atom stereocenters. The maximum absolute atomic E-state index is 12.4. The maximum atomic E-state index is 12.4. The van der Waals surface area contributed by atoms with E-state index < -0.39 is 21.6 Å². The molecule has 0 saturated heterocycles. The topological polar surface area (TPSA) is 212 Å². The van der Waals surface area contributed by atoms with E-state index in [2.05, 4.69) is 68.0 Å². The fourth-order valence-corrected chi connectivity index (χ4v) is 6.82. The number of carboxylic acid groups (broad SMARTS) is 1. The molecule has 6 N–H and O–H groups in total. The predicted octanol–water partition coefficient (Wildman–Crippen LogP) is 0.440. The van der Waals surface area contributed by atoms with Gasteiger partial charge in [0.2, 0.25) is 5.43 Å². The standard InChI is InChI=1S/C20H8Br4O5.2Na.H4O7P2.2H/c21-11-5-9-13(7-3-1-2-4-8(7)20(27)28)10-6-12(22)17(26)15(24)19(10)29-18(9)14(23)16(11)25;;;1-8(2,3)7-9(4,5)6;;/h1-6,25H,(H,27,28);;;(H2,1,2,3)(H2,4,5,6);;/q;2*+1;;2*-1. The summed E-state index contributed by atoms with van der Waals surface area (Å²) >= 11 is 13.2. The van der Waals surface area contributed by atoms with Gasteiger partial charge in [0, 0.05) is 16.5 Å². The van der Waals surface area contributed by atoms with Crippen molar-refractivity contribution >= 4 is 96.3 Å². The van der Waals surface area contributed by atoms with Gasteiger partial charge < -0.3 is 37.1 Å². The first-order valence-electron chi connectivity index (χ1n) is 9.53. The normalized spacial score (nSPS) is 11.3. The van der Waals surface area contributed by atoms with Crippen molar-refractivity contribution in [3.63, 3.8) is 0 Å². The summed E-state index contributed by atoms with van der Waals surface area (Å²) in [7, 11) is -10.1. The number of carbonyl (C=O) groups is 1. The second kappa shape index (κ2) is 15.0. The smallest absolute Gasteiger partial charge is 1.00 e. The molecule has 1 heterocycles. The summed E-state index contributed by atoms with van der Waals surface area (Å²) in [6, 6.07) is 9.84. The average molecular weight is 874 g/mol. The molecule has 20 heteroatoms. The van der Waals surface area contributed by atoms with Crippen LogP contribution in [0.15, 0.2) is 63.5 Å². The largest absolute Gasteiger partial charge is 1.00 e. The summed E-state index contributed by atoms with van der Waals surface area (Å²) in [6.07, 6.45) is 0. The van der Waals surface area contributed by atoms with Crippen molar-refractivity contribution in [1.29, 1.82) is 0 Å². The van der Waals surface area contributed by atoms with E-state index in [1.54, 1.807) is 30.3 Å². The number of carboxylic acids is 1. The van der Waals surface area contributed by atoms with Crippen LogP contribution in [-0.4, -0.2) is 35.8 Å². The van der Waals surface area contributed by atoms with E-state index in [0.29, 0.717) is 31.0 Å². The number of phenolic OH excluding ortho intramolecular Hbond substituents is 1. The van der Waals surface area contributed by atoms with Crippen molar-refractivity contribution in [2.45, 2.75) is 0 Å². The molecular weight excluding hydrogens is 860 g/mol. The van der Waals surface area contributed by atoms with Crippen LogP contribution in [0, 0.1) is 0 Å². The number of benzene rings is 3. The molecule has 0 spiro atoms. The van der Waals surface area contributed by atoms with Crippen LogP contribution in [0.25, 0.3) is 33.4 Å². The molecule has 0 bridgehead atoms. The SMILES string of the molecule is O=C(O)c1ccccc1-c1c2cc(Br)c(=O)c(Br)c-2oc2c(Br)c(O)c(Br)cc12.O=P(O)(O)OP(=O)(O)O.[H-].[H-].[Na+].[Na+]. The van der Waals surface area contributed by atoms with Gasteiger partial charge in [0.15, 0.2) is 11.3 Å². The minimum atomic E-state index is -5.05. The third kappa shape index (κ3) is 9.05. The molecule has 0 saturated carbocycles. The van der Waals surface area contributed by atoms with E-state index in [1.165, 1.54) is 6.07 Å². The van der Waals surface area contributed by atoms with Gasteiger partial charge in [-0.1, -0.05) is 18.2 Å². The number of fused-ring (bicyclic) bond motifs is 2. The quantitative estimate of drug-likeness (QED) is 0.0938. The van der Waals surface area contributed by atoms with Crippen molar-refractivity contribution in [1.82, 2.24) is 0 Å². The Labute approximate surface area is 305 Å². The van der Waals surface area contributed by atoms with E-state index in [0.717, 1.165) is 0 Å². The Morgan fingerprint density at radius 2 is 1.43 bits per heavy atom. The fourth-order valence-electron chi connectivity index (χ4n) is 3.31. The van der Waals surface area contributed by atoms with Crippen LogP contribution >= 0.6 is 79.4 Å². The van der Waals surface area contributed by atoms with Crippen molar-refractivity contribution in [3.05, 3.63) is 70.1 Å². The minimum Gasteiger partial charge on any atom is -1.00 e. The van der Waals surface area contributed by atoms with Crippen LogP contribution in [0.1, 0.15) is 13.2 Å². The van der Waals surface area contributed by atoms with Crippen molar-refractivity contribution in [2.24, 2.45) is 0 Å². The average Bonchev–Trinajstić information content (AvgIpc) is 2.78. The van der Waals surface area contributed by atoms with Gasteiger partial charge in [0.05, 0.1) is 14.5 Å². The van der Waals surface area contributed by atoms with E-state index in [4.69, 9.17) is 24.0 Å². The number of hydrogen-bond acceptors (Lipinski definition) is 7. The van der Waals surface area contributed by atoms with Crippen LogP contribution in [-0.2, 0) is 13.4 Å². The Bertz CT molecular complexity index is 1710. The molecular formula is C20H14Br4Na2O12P2. The number of aromatic carboxylic acids is 1. The van der Waals surface area contributed by atoms with Gasteiger partial charge in [0.1, 0.15) is 14.7 Å². The third-order valence-electron chi connectivity index (χ3n) is 4.66. The summed E-state index contributed by atoms with van der Waals surface area (Å²) in [5.41, 5.74) is 1.61. The molecule has 0 radical (unpaired) electrons. The number of aromatic hydroxyl groups is 1.